The van der Waals surface area contributed by atoms with E-state index >= 15 is 0 Å². The van der Waals surface area contributed by atoms with Crippen LogP contribution in [0, 0.1) is 6.92 Å². The predicted molar refractivity (Wildman–Crippen MR) is 55.8 cm³/mol. The Balaban J connectivity index is 0.00000112. The van der Waals surface area contributed by atoms with E-state index in [1.54, 1.807) is 13.0 Å². The van der Waals surface area contributed by atoms with Gasteiger partial charge in [0.15, 0.2) is 5.69 Å². The SMILES string of the molecule is Cc1nc2ccc(O)cn2c1C(=O)O.Cl. The second-order valence-corrected chi connectivity index (χ2v) is 2.97. The number of aromatic hydroxyl groups is 1. The van der Waals surface area contributed by atoms with Gasteiger partial charge in [-0.2, -0.15) is 0 Å². The van der Waals surface area contributed by atoms with Crippen molar-refractivity contribution in [2.45, 2.75) is 6.92 Å². The second kappa shape index (κ2) is 3.78. The van der Waals surface area contributed by atoms with Gasteiger partial charge in [-0.3, -0.25) is 4.40 Å². The van der Waals surface area contributed by atoms with Gasteiger partial charge in [0.25, 0.3) is 0 Å². The van der Waals surface area contributed by atoms with Gasteiger partial charge in [0, 0.05) is 0 Å². The van der Waals surface area contributed by atoms with E-state index < -0.39 is 5.97 Å². The van der Waals surface area contributed by atoms with E-state index in [0.717, 1.165) is 0 Å². The Morgan fingerprint density at radius 1 is 1.47 bits per heavy atom. The molecule has 5 nitrogen and oxygen atoms in total. The lowest BCUT2D eigenvalue weighted by Crippen LogP contribution is -2.03. The number of halogens is 1. The lowest BCUT2D eigenvalue weighted by atomic mass is 10.3. The maximum atomic E-state index is 10.9. The highest BCUT2D eigenvalue weighted by molar-refractivity contribution is 5.88. The Morgan fingerprint density at radius 3 is 2.73 bits per heavy atom. The number of nitrogens with zero attached hydrogens (tertiary/aromatic N) is 2. The topological polar surface area (TPSA) is 74.8 Å². The minimum atomic E-state index is -1.06. The summed E-state index contributed by atoms with van der Waals surface area (Å²) in [5.74, 6) is -1.04. The van der Waals surface area contributed by atoms with Crippen molar-refractivity contribution in [1.82, 2.24) is 9.38 Å². The summed E-state index contributed by atoms with van der Waals surface area (Å²) in [6, 6.07) is 3.03. The molecule has 0 saturated carbocycles. The molecule has 0 atom stereocenters. The van der Waals surface area contributed by atoms with Crippen LogP contribution < -0.4 is 0 Å². The van der Waals surface area contributed by atoms with Crippen molar-refractivity contribution in [1.29, 1.82) is 0 Å². The summed E-state index contributed by atoms with van der Waals surface area (Å²) < 4.78 is 1.35. The predicted octanol–water partition coefficient (Wildman–Crippen LogP) is 1.47. The van der Waals surface area contributed by atoms with Crippen molar-refractivity contribution in [3.05, 3.63) is 29.7 Å². The number of aromatic carboxylic acids is 1. The zero-order chi connectivity index (χ0) is 10.3. The van der Waals surface area contributed by atoms with Gasteiger partial charge >= 0.3 is 5.97 Å². The molecule has 0 aromatic carbocycles. The molecule has 0 amide bonds. The normalized spacial score (nSPS) is 9.93. The quantitative estimate of drug-likeness (QED) is 0.775. The highest BCUT2D eigenvalue weighted by atomic mass is 35.5. The molecule has 0 bridgehead atoms. The third-order valence-electron chi connectivity index (χ3n) is 1.98. The number of imidazole rings is 1. The molecular formula is C9H9ClN2O3. The van der Waals surface area contributed by atoms with Crippen molar-refractivity contribution in [3.63, 3.8) is 0 Å². The highest BCUT2D eigenvalue weighted by Crippen LogP contribution is 2.16. The molecule has 6 heteroatoms. The Kier molecular flexibility index (Phi) is 2.85. The molecule has 0 spiro atoms. The number of hydrogen-bond donors (Lipinski definition) is 2. The van der Waals surface area contributed by atoms with Crippen LogP contribution in [0.25, 0.3) is 5.65 Å². The summed E-state index contributed by atoms with van der Waals surface area (Å²) >= 11 is 0. The Labute approximate surface area is 91.4 Å². The van der Waals surface area contributed by atoms with Crippen molar-refractivity contribution >= 4 is 24.0 Å². The summed E-state index contributed by atoms with van der Waals surface area (Å²) in [4.78, 5) is 14.9. The number of hydrogen-bond acceptors (Lipinski definition) is 3. The van der Waals surface area contributed by atoms with E-state index in [-0.39, 0.29) is 23.9 Å². The van der Waals surface area contributed by atoms with Gasteiger partial charge in [0.05, 0.1) is 11.9 Å². The smallest absolute Gasteiger partial charge is 0.354 e. The lowest BCUT2D eigenvalue weighted by molar-refractivity contribution is 0.0688. The van der Waals surface area contributed by atoms with Crippen molar-refractivity contribution in [3.8, 4) is 5.75 Å². The molecule has 2 N–H and O–H groups in total. The van der Waals surface area contributed by atoms with Gasteiger partial charge in [-0.05, 0) is 19.1 Å². The molecule has 0 aliphatic rings. The van der Waals surface area contributed by atoms with Gasteiger partial charge < -0.3 is 10.2 Å². The number of rotatable bonds is 1. The van der Waals surface area contributed by atoms with Gasteiger partial charge in [0.2, 0.25) is 0 Å². The third-order valence-corrected chi connectivity index (χ3v) is 1.98. The number of carbonyl (C=O) groups is 1. The molecule has 15 heavy (non-hydrogen) atoms. The highest BCUT2D eigenvalue weighted by Gasteiger charge is 2.15. The molecule has 0 unspecified atom stereocenters. The Bertz CT molecular complexity index is 521. The van der Waals surface area contributed by atoms with Gasteiger partial charge in [-0.25, -0.2) is 9.78 Å². The van der Waals surface area contributed by atoms with Crippen LogP contribution in [0.2, 0.25) is 0 Å². The van der Waals surface area contributed by atoms with Crippen LogP contribution in [0.15, 0.2) is 18.3 Å². The van der Waals surface area contributed by atoms with E-state index in [1.165, 1.54) is 16.7 Å². The summed E-state index contributed by atoms with van der Waals surface area (Å²) in [5, 5.41) is 18.1. The fourth-order valence-electron chi connectivity index (χ4n) is 1.41. The van der Waals surface area contributed by atoms with Crippen LogP contribution >= 0.6 is 12.4 Å². The molecule has 80 valence electrons. The minimum Gasteiger partial charge on any atom is -0.506 e. The first-order valence-electron chi connectivity index (χ1n) is 4.00. The molecule has 0 saturated heterocycles. The number of aromatic nitrogens is 2. The number of pyridine rings is 1. The Morgan fingerprint density at radius 2 is 2.13 bits per heavy atom. The van der Waals surface area contributed by atoms with Gasteiger partial charge in [0.1, 0.15) is 11.4 Å². The Hall–Kier alpha value is -1.75. The van der Waals surface area contributed by atoms with Gasteiger partial charge in [-0.1, -0.05) is 0 Å². The summed E-state index contributed by atoms with van der Waals surface area (Å²) in [7, 11) is 0. The third kappa shape index (κ3) is 1.73. The number of carboxylic acids is 1. The van der Waals surface area contributed by atoms with E-state index in [2.05, 4.69) is 4.98 Å². The molecule has 2 heterocycles. The molecular weight excluding hydrogens is 220 g/mol. The average Bonchev–Trinajstić information content (AvgIpc) is 2.40. The molecule has 0 aliphatic carbocycles. The first-order valence-corrected chi connectivity index (χ1v) is 4.00. The fourth-order valence-corrected chi connectivity index (χ4v) is 1.41. The number of fused-ring (bicyclic) bond motifs is 1. The number of carboxylic acid groups (broad SMARTS) is 1. The van der Waals surface area contributed by atoms with Gasteiger partial charge in [-0.15, -0.1) is 12.4 Å². The van der Waals surface area contributed by atoms with E-state index in [9.17, 15) is 9.90 Å². The standard InChI is InChI=1S/C9H8N2O3.ClH/c1-5-8(9(13)14)11-4-6(12)2-3-7(11)10-5;/h2-4,12H,1H3,(H,13,14);1H. The summed E-state index contributed by atoms with van der Waals surface area (Å²) in [5.41, 5.74) is 1.02. The monoisotopic (exact) mass is 228 g/mol. The summed E-state index contributed by atoms with van der Waals surface area (Å²) in [6.07, 6.45) is 1.33. The zero-order valence-corrected chi connectivity index (χ0v) is 8.65. The van der Waals surface area contributed by atoms with Crippen LogP contribution in [0.1, 0.15) is 16.2 Å². The summed E-state index contributed by atoms with van der Waals surface area (Å²) in [6.45, 7) is 1.62. The number of aryl methyl sites for hydroxylation is 1. The van der Waals surface area contributed by atoms with Crippen LogP contribution in [-0.4, -0.2) is 25.6 Å². The van der Waals surface area contributed by atoms with E-state index in [0.29, 0.717) is 11.3 Å². The molecule has 0 aliphatic heterocycles. The molecule has 2 rings (SSSR count). The average molecular weight is 229 g/mol. The maximum Gasteiger partial charge on any atom is 0.354 e. The van der Waals surface area contributed by atoms with Crippen LogP contribution in [0.4, 0.5) is 0 Å². The molecule has 2 aromatic heterocycles. The first kappa shape index (κ1) is 11.3. The molecule has 0 fully saturated rings. The molecule has 0 radical (unpaired) electrons. The van der Waals surface area contributed by atoms with Crippen LogP contribution in [0.5, 0.6) is 5.75 Å². The fraction of sp³-hybridized carbons (Fsp3) is 0.111. The second-order valence-electron chi connectivity index (χ2n) is 2.97. The lowest BCUT2D eigenvalue weighted by Gasteiger charge is -1.97. The van der Waals surface area contributed by atoms with Crippen molar-refractivity contribution in [2.75, 3.05) is 0 Å². The van der Waals surface area contributed by atoms with Crippen LogP contribution in [0.3, 0.4) is 0 Å². The van der Waals surface area contributed by atoms with E-state index in [4.69, 9.17) is 5.11 Å². The largest absolute Gasteiger partial charge is 0.506 e. The first-order chi connectivity index (χ1) is 6.59. The zero-order valence-electron chi connectivity index (χ0n) is 7.84. The minimum absolute atomic E-state index is 0. The van der Waals surface area contributed by atoms with Crippen molar-refractivity contribution in [2.24, 2.45) is 0 Å². The van der Waals surface area contributed by atoms with Crippen molar-refractivity contribution < 1.29 is 15.0 Å². The molecule has 2 aromatic rings. The van der Waals surface area contributed by atoms with E-state index in [1.807, 2.05) is 0 Å². The van der Waals surface area contributed by atoms with Crippen LogP contribution in [-0.2, 0) is 0 Å². The maximum absolute atomic E-state index is 10.9.